The predicted molar refractivity (Wildman–Crippen MR) is 218 cm³/mol. The number of benzene rings is 2. The van der Waals surface area contributed by atoms with Crippen LogP contribution in [0.1, 0.15) is 69.8 Å². The second-order valence-electron chi connectivity index (χ2n) is 15.8. The molecule has 2 saturated heterocycles. The third kappa shape index (κ3) is 11.4. The van der Waals surface area contributed by atoms with Crippen LogP contribution in [0.25, 0.3) is 10.9 Å². The second-order valence-corrected chi connectivity index (χ2v) is 15.8. The first-order chi connectivity index (χ1) is 28.2. The van der Waals surface area contributed by atoms with Crippen LogP contribution in [-0.2, 0) is 46.4 Å². The van der Waals surface area contributed by atoms with Gasteiger partial charge in [-0.25, -0.2) is 0 Å². The zero-order valence-electron chi connectivity index (χ0n) is 34.2. The van der Waals surface area contributed by atoms with E-state index in [4.69, 9.17) is 4.74 Å². The molecule has 8 N–H and O–H groups in total. The standard InChI is InChI=1S/C42H56N8O9/c1-23(2)12-13-25-17-26(14-15-32(25)59-5)38(54)37-41(57)46-20-33(51)47-30(18-27-19-43-29-10-7-6-9-28(27)29)42(58)50-16-8-11-31(50)39(55)44-21-34(52)48-36(24(3)4)40(56)45-22-35(53)49-37/h6-7,9-10,14-15,17,19,23-24,30-31,36-38,43,54H,8,11-13,16,18,20-22H2,1-5H3,(H,44,55)(H,45,56)(H,46,57)(H,47,51)(H,48,52)(H,49,53)/t30-,31-,36-,37-,38+/m0/s1. The molecule has 2 aliphatic rings. The molecule has 7 amide bonds. The van der Waals surface area contributed by atoms with Crippen LogP contribution in [0, 0.1) is 11.8 Å². The number of nitrogens with zero attached hydrogens (tertiary/aromatic N) is 1. The monoisotopic (exact) mass is 816 g/mol. The van der Waals surface area contributed by atoms with Gasteiger partial charge in [-0.1, -0.05) is 52.0 Å². The molecule has 59 heavy (non-hydrogen) atoms. The number of aliphatic hydroxyl groups is 1. The Morgan fingerprint density at radius 3 is 2.07 bits per heavy atom. The number of carbonyl (C=O) groups excluding carboxylic acids is 7. The van der Waals surface area contributed by atoms with E-state index in [2.05, 4.69) is 50.7 Å². The number of aryl methyl sites for hydroxylation is 1. The van der Waals surface area contributed by atoms with Crippen molar-refractivity contribution in [1.29, 1.82) is 0 Å². The fourth-order valence-corrected chi connectivity index (χ4v) is 7.40. The number of ether oxygens (including phenoxy) is 1. The van der Waals surface area contributed by atoms with Gasteiger partial charge in [0.1, 0.15) is 36.0 Å². The number of rotatable bonds is 9. The molecule has 0 unspecified atom stereocenters. The Labute approximate surface area is 343 Å². The fourth-order valence-electron chi connectivity index (χ4n) is 7.40. The molecular weight excluding hydrogens is 761 g/mol. The first kappa shape index (κ1) is 44.1. The maximum Gasteiger partial charge on any atom is 0.246 e. The van der Waals surface area contributed by atoms with E-state index in [1.165, 1.54) is 12.0 Å². The van der Waals surface area contributed by atoms with E-state index in [1.807, 2.05) is 24.3 Å². The Kier molecular flexibility index (Phi) is 15.1. The highest BCUT2D eigenvalue weighted by Gasteiger charge is 2.39. The number of amides is 7. The van der Waals surface area contributed by atoms with Crippen LogP contribution >= 0.6 is 0 Å². The highest BCUT2D eigenvalue weighted by Crippen LogP contribution is 2.28. The van der Waals surface area contributed by atoms with Crippen LogP contribution in [0.15, 0.2) is 48.7 Å². The Hall–Kier alpha value is -5.97. The minimum absolute atomic E-state index is 0.0431. The SMILES string of the molecule is COc1ccc([C@@H](O)[C@@H]2NC(=O)CNC(=O)[C@H](C(C)C)NC(=O)CNC(=O)[C@@H]3CCCN3C(=O)[C@H](Cc3c[nH]c4ccccc34)NC(=O)CNC2=O)cc1CCC(C)C. The van der Waals surface area contributed by atoms with Crippen molar-refractivity contribution >= 4 is 52.3 Å². The number of nitrogens with one attached hydrogen (secondary N) is 7. The van der Waals surface area contributed by atoms with Crippen molar-refractivity contribution in [3.05, 3.63) is 65.4 Å². The molecule has 0 spiro atoms. The van der Waals surface area contributed by atoms with Gasteiger partial charge in [0.05, 0.1) is 26.7 Å². The first-order valence-corrected chi connectivity index (χ1v) is 20.1. The van der Waals surface area contributed by atoms with Crippen molar-refractivity contribution in [2.75, 3.05) is 33.3 Å². The quantitative estimate of drug-likeness (QED) is 0.150. The van der Waals surface area contributed by atoms with Gasteiger partial charge in [0, 0.05) is 30.1 Å². The number of aromatic amines is 1. The molecule has 2 aliphatic heterocycles. The summed E-state index contributed by atoms with van der Waals surface area (Å²) in [4.78, 5) is 99.4. The largest absolute Gasteiger partial charge is 0.496 e. The summed E-state index contributed by atoms with van der Waals surface area (Å²) >= 11 is 0. The lowest BCUT2D eigenvalue weighted by Gasteiger charge is -2.29. The molecule has 3 heterocycles. The average Bonchev–Trinajstić information content (AvgIpc) is 3.88. The predicted octanol–water partition coefficient (Wildman–Crippen LogP) is 0.505. The molecule has 17 heteroatoms. The number of hydrogen-bond donors (Lipinski definition) is 8. The summed E-state index contributed by atoms with van der Waals surface area (Å²) in [5, 5.41) is 27.9. The summed E-state index contributed by atoms with van der Waals surface area (Å²) in [6, 6.07) is 7.55. The lowest BCUT2D eigenvalue weighted by atomic mass is 9.95. The van der Waals surface area contributed by atoms with Gasteiger partial charge in [0.15, 0.2) is 0 Å². The van der Waals surface area contributed by atoms with Gasteiger partial charge in [-0.05, 0) is 72.4 Å². The topological polar surface area (TPSA) is 240 Å². The molecule has 5 atom stereocenters. The van der Waals surface area contributed by atoms with Crippen molar-refractivity contribution in [3.8, 4) is 5.75 Å². The third-order valence-corrected chi connectivity index (χ3v) is 10.7. The summed E-state index contributed by atoms with van der Waals surface area (Å²) in [5.41, 5.74) is 2.62. The lowest BCUT2D eigenvalue weighted by molar-refractivity contribution is -0.141. The maximum atomic E-state index is 14.3. The molecular formula is C42H56N8O9. The van der Waals surface area contributed by atoms with Crippen LogP contribution in [0.2, 0.25) is 0 Å². The van der Waals surface area contributed by atoms with Gasteiger partial charge in [-0.15, -0.1) is 0 Å². The number of aliphatic hydroxyl groups excluding tert-OH is 1. The van der Waals surface area contributed by atoms with Gasteiger partial charge < -0.3 is 51.6 Å². The number of H-pyrrole nitrogens is 1. The molecule has 3 aromatic rings. The number of aromatic nitrogens is 1. The molecule has 5 rings (SSSR count). The van der Waals surface area contributed by atoms with Crippen LogP contribution in [0.4, 0.5) is 0 Å². The van der Waals surface area contributed by atoms with Crippen LogP contribution < -0.4 is 36.6 Å². The summed E-state index contributed by atoms with van der Waals surface area (Å²) < 4.78 is 5.53. The summed E-state index contributed by atoms with van der Waals surface area (Å²) in [5.74, 6) is -4.44. The van der Waals surface area contributed by atoms with Crippen molar-refractivity contribution < 1.29 is 43.4 Å². The normalized spacial score (nSPS) is 22.4. The van der Waals surface area contributed by atoms with Crippen LogP contribution in [-0.4, -0.2) is 114 Å². The zero-order chi connectivity index (χ0) is 42.8. The molecule has 318 valence electrons. The molecule has 17 nitrogen and oxygen atoms in total. The van der Waals surface area contributed by atoms with Gasteiger partial charge in [0.2, 0.25) is 41.4 Å². The minimum atomic E-state index is -1.64. The van der Waals surface area contributed by atoms with Crippen molar-refractivity contribution in [3.63, 3.8) is 0 Å². The first-order valence-electron chi connectivity index (χ1n) is 20.1. The number of para-hydroxylation sites is 1. The van der Waals surface area contributed by atoms with Crippen molar-refractivity contribution in [2.45, 2.75) is 90.1 Å². The van der Waals surface area contributed by atoms with E-state index >= 15 is 0 Å². The summed E-state index contributed by atoms with van der Waals surface area (Å²) in [6.07, 6.45) is 2.42. The van der Waals surface area contributed by atoms with Gasteiger partial charge in [-0.3, -0.25) is 33.6 Å². The van der Waals surface area contributed by atoms with Crippen LogP contribution in [0.5, 0.6) is 5.75 Å². The smallest absolute Gasteiger partial charge is 0.246 e. The molecule has 0 radical (unpaired) electrons. The Bertz CT molecular complexity index is 2030. The third-order valence-electron chi connectivity index (χ3n) is 10.7. The molecule has 2 fully saturated rings. The van der Waals surface area contributed by atoms with Gasteiger partial charge >= 0.3 is 0 Å². The second kappa shape index (κ2) is 20.1. The van der Waals surface area contributed by atoms with E-state index in [-0.39, 0.29) is 13.0 Å². The zero-order valence-corrected chi connectivity index (χ0v) is 34.2. The van der Waals surface area contributed by atoms with E-state index in [0.717, 1.165) is 28.5 Å². The summed E-state index contributed by atoms with van der Waals surface area (Å²) in [7, 11) is 1.53. The Balaban J connectivity index is 1.46. The molecule has 0 bridgehead atoms. The number of fused-ring (bicyclic) bond motifs is 2. The van der Waals surface area contributed by atoms with Crippen molar-refractivity contribution in [2.24, 2.45) is 11.8 Å². The fraction of sp³-hybridized carbons (Fsp3) is 0.500. The van der Waals surface area contributed by atoms with E-state index in [0.29, 0.717) is 36.5 Å². The van der Waals surface area contributed by atoms with E-state index in [9.17, 15) is 38.7 Å². The number of carbonyl (C=O) groups is 7. The highest BCUT2D eigenvalue weighted by molar-refractivity contribution is 5.97. The number of methoxy groups -OCH3 is 1. The average molecular weight is 817 g/mol. The van der Waals surface area contributed by atoms with Crippen molar-refractivity contribution in [1.82, 2.24) is 41.8 Å². The molecule has 0 aliphatic carbocycles. The maximum absolute atomic E-state index is 14.3. The summed E-state index contributed by atoms with van der Waals surface area (Å²) in [6.45, 7) is 6.01. The Morgan fingerprint density at radius 1 is 0.780 bits per heavy atom. The number of hydrogen-bond acceptors (Lipinski definition) is 9. The van der Waals surface area contributed by atoms with E-state index in [1.54, 1.807) is 38.2 Å². The highest BCUT2D eigenvalue weighted by atomic mass is 16.5. The molecule has 1 aromatic heterocycles. The lowest BCUT2D eigenvalue weighted by Crippen LogP contribution is -2.56. The Morgan fingerprint density at radius 2 is 1.41 bits per heavy atom. The van der Waals surface area contributed by atoms with E-state index < -0.39 is 97.2 Å². The van der Waals surface area contributed by atoms with Gasteiger partial charge in [0.25, 0.3) is 0 Å². The van der Waals surface area contributed by atoms with Gasteiger partial charge in [-0.2, -0.15) is 0 Å². The molecule has 0 saturated carbocycles. The minimum Gasteiger partial charge on any atom is -0.496 e. The molecule has 2 aromatic carbocycles. The van der Waals surface area contributed by atoms with Crippen LogP contribution in [0.3, 0.4) is 0 Å².